The predicted octanol–water partition coefficient (Wildman–Crippen LogP) is 3.48. The number of nitrogens with zero attached hydrogens (tertiary/aromatic N) is 3. The van der Waals surface area contributed by atoms with E-state index in [2.05, 4.69) is 15.4 Å². The predicted molar refractivity (Wildman–Crippen MR) is 112 cm³/mol. The number of aliphatic hydroxyl groups is 2. The molecule has 0 saturated heterocycles. The van der Waals surface area contributed by atoms with Gasteiger partial charge in [-0.3, -0.25) is 14.8 Å². The van der Waals surface area contributed by atoms with Gasteiger partial charge in [0.15, 0.2) is 0 Å². The first-order valence-electron chi connectivity index (χ1n) is 10.5. The summed E-state index contributed by atoms with van der Waals surface area (Å²) in [5.41, 5.74) is 0.0731. The first kappa shape index (κ1) is 24.1. The van der Waals surface area contributed by atoms with Crippen LogP contribution in [0.25, 0.3) is 0 Å². The Morgan fingerprint density at radius 3 is 2.44 bits per heavy atom. The van der Waals surface area contributed by atoms with Crippen molar-refractivity contribution in [3.63, 3.8) is 0 Å². The number of benzene rings is 1. The molecule has 1 fully saturated rings. The summed E-state index contributed by atoms with van der Waals surface area (Å²) in [5, 5.41) is 26.7. The molecule has 1 amide bonds. The number of aliphatic hydroxyl groups excluding tert-OH is 2. The average molecular weight is 452 g/mol. The number of hydrogen-bond acceptors (Lipinski definition) is 5. The van der Waals surface area contributed by atoms with Crippen LogP contribution in [0.1, 0.15) is 72.2 Å². The molecule has 0 radical (unpaired) electrons. The molecule has 3 rings (SSSR count). The zero-order valence-electron chi connectivity index (χ0n) is 17.9. The zero-order valence-corrected chi connectivity index (χ0v) is 17.9. The van der Waals surface area contributed by atoms with Crippen molar-refractivity contribution in [3.8, 4) is 0 Å². The van der Waals surface area contributed by atoms with E-state index in [1.54, 1.807) is 13.1 Å². The van der Waals surface area contributed by atoms with E-state index in [-0.39, 0.29) is 23.4 Å². The normalized spacial score (nSPS) is 21.6. The fourth-order valence-electron chi connectivity index (χ4n) is 3.73. The Labute approximate surface area is 184 Å². The fourth-order valence-corrected chi connectivity index (χ4v) is 3.73. The Hall–Kier alpha value is -2.56. The monoisotopic (exact) mass is 452 g/mol. The summed E-state index contributed by atoms with van der Waals surface area (Å²) >= 11 is 0. The number of halogens is 3. The smallest absolute Gasteiger partial charge is 0.393 e. The molecule has 2 unspecified atom stereocenters. The van der Waals surface area contributed by atoms with Crippen molar-refractivity contribution in [2.75, 3.05) is 7.05 Å². The summed E-state index contributed by atoms with van der Waals surface area (Å²) in [7, 11) is 1.53. The molecule has 0 aliphatic heterocycles. The number of nitrogens with one attached hydrogen (secondary N) is 1. The Morgan fingerprint density at radius 1 is 1.25 bits per heavy atom. The van der Waals surface area contributed by atoms with E-state index in [1.807, 2.05) is 0 Å². The van der Waals surface area contributed by atoms with Gasteiger partial charge in [0.1, 0.15) is 17.6 Å². The molecule has 2 aromatic rings. The van der Waals surface area contributed by atoms with Crippen LogP contribution in [0.15, 0.2) is 35.3 Å². The molecule has 174 valence electrons. The maximum Gasteiger partial charge on any atom is 0.416 e. The molecule has 10 heteroatoms. The number of amides is 1. The lowest BCUT2D eigenvalue weighted by atomic mass is 9.88. The van der Waals surface area contributed by atoms with Crippen LogP contribution in [0.4, 0.5) is 13.2 Å². The minimum Gasteiger partial charge on any atom is -0.393 e. The van der Waals surface area contributed by atoms with Crippen molar-refractivity contribution in [2.45, 2.75) is 57.2 Å². The fraction of sp³-hybridized carbons (Fsp3) is 0.500. The van der Waals surface area contributed by atoms with E-state index in [9.17, 15) is 28.2 Å². The van der Waals surface area contributed by atoms with Crippen LogP contribution in [-0.4, -0.2) is 45.3 Å². The topological polar surface area (TPSA) is 99.7 Å². The summed E-state index contributed by atoms with van der Waals surface area (Å²) in [6.07, 6.45) is -1.49. The third kappa shape index (κ3) is 5.62. The maximum absolute atomic E-state index is 12.9. The molecule has 1 aliphatic rings. The van der Waals surface area contributed by atoms with Crippen LogP contribution in [0, 0.1) is 5.92 Å². The van der Waals surface area contributed by atoms with Crippen molar-refractivity contribution < 1.29 is 28.2 Å². The summed E-state index contributed by atoms with van der Waals surface area (Å²) < 4.78 is 40.0. The lowest BCUT2D eigenvalue weighted by molar-refractivity contribution is -0.137. The van der Waals surface area contributed by atoms with Gasteiger partial charge in [0.05, 0.1) is 17.7 Å². The lowest BCUT2D eigenvalue weighted by Gasteiger charge is -2.22. The molecule has 1 saturated carbocycles. The van der Waals surface area contributed by atoms with E-state index in [0.29, 0.717) is 18.4 Å². The van der Waals surface area contributed by atoms with E-state index in [0.717, 1.165) is 25.0 Å². The standard InChI is InChI=1S/C22H27F3N4O3/c1-13(15-5-7-16(8-6-15)22(23,24)25)29-19(11-18(28-29)20(31)26-2)21(32)27-12-14-3-9-17(30)10-4-14/h5-8,11-14,17,20,26,30-31H,3-4,9-10H2,1-2H3/b27-12+. The SMILES string of the molecule is CNC(O)c1cc(C(=O)/N=C/C2CCC(O)CC2)n(C(C)c2ccc(C(F)(F)F)cc2)n1. The minimum absolute atomic E-state index is 0.0911. The van der Waals surface area contributed by atoms with E-state index >= 15 is 0 Å². The van der Waals surface area contributed by atoms with Gasteiger partial charge in [-0.25, -0.2) is 4.99 Å². The molecule has 1 aromatic carbocycles. The van der Waals surface area contributed by atoms with E-state index in [1.165, 1.54) is 29.9 Å². The molecular formula is C22H27F3N4O3. The number of carbonyl (C=O) groups is 1. The Kier molecular flexibility index (Phi) is 7.47. The summed E-state index contributed by atoms with van der Waals surface area (Å²) in [6.45, 7) is 1.70. The van der Waals surface area contributed by atoms with Gasteiger partial charge >= 0.3 is 6.18 Å². The van der Waals surface area contributed by atoms with Crippen molar-refractivity contribution >= 4 is 12.1 Å². The molecule has 1 aliphatic carbocycles. The van der Waals surface area contributed by atoms with Crippen molar-refractivity contribution in [2.24, 2.45) is 10.9 Å². The largest absolute Gasteiger partial charge is 0.416 e. The molecule has 2 atom stereocenters. The first-order valence-corrected chi connectivity index (χ1v) is 10.5. The van der Waals surface area contributed by atoms with Gasteiger partial charge in [0.25, 0.3) is 5.91 Å². The third-order valence-electron chi connectivity index (χ3n) is 5.76. The Morgan fingerprint density at radius 2 is 1.88 bits per heavy atom. The number of rotatable bonds is 6. The van der Waals surface area contributed by atoms with Crippen LogP contribution >= 0.6 is 0 Å². The van der Waals surface area contributed by atoms with Crippen LogP contribution in [0.5, 0.6) is 0 Å². The Bertz CT molecular complexity index is 948. The van der Waals surface area contributed by atoms with Crippen LogP contribution < -0.4 is 5.32 Å². The summed E-state index contributed by atoms with van der Waals surface area (Å²) in [5.74, 6) is -0.467. The minimum atomic E-state index is -4.44. The quantitative estimate of drug-likeness (QED) is 0.460. The molecule has 0 bridgehead atoms. The molecule has 32 heavy (non-hydrogen) atoms. The number of alkyl halides is 3. The highest BCUT2D eigenvalue weighted by atomic mass is 19.4. The van der Waals surface area contributed by atoms with Crippen molar-refractivity contribution in [1.29, 1.82) is 0 Å². The van der Waals surface area contributed by atoms with Gasteiger partial charge in [-0.05, 0) is 69.3 Å². The molecular weight excluding hydrogens is 425 g/mol. The molecule has 3 N–H and O–H groups in total. The van der Waals surface area contributed by atoms with Gasteiger partial charge in [0, 0.05) is 6.21 Å². The highest BCUT2D eigenvalue weighted by molar-refractivity contribution is 5.98. The third-order valence-corrected chi connectivity index (χ3v) is 5.76. The number of aromatic nitrogens is 2. The zero-order chi connectivity index (χ0) is 23.5. The summed E-state index contributed by atoms with van der Waals surface area (Å²) in [4.78, 5) is 16.9. The first-order chi connectivity index (χ1) is 15.1. The maximum atomic E-state index is 12.9. The van der Waals surface area contributed by atoms with Crippen molar-refractivity contribution in [1.82, 2.24) is 15.1 Å². The second-order valence-electron chi connectivity index (χ2n) is 8.04. The van der Waals surface area contributed by atoms with Gasteiger partial charge in [-0.2, -0.15) is 18.3 Å². The second-order valence-corrected chi connectivity index (χ2v) is 8.04. The van der Waals surface area contributed by atoms with Crippen LogP contribution in [0.2, 0.25) is 0 Å². The van der Waals surface area contributed by atoms with E-state index < -0.39 is 29.9 Å². The molecule has 1 heterocycles. The molecule has 1 aromatic heterocycles. The van der Waals surface area contributed by atoms with Gasteiger partial charge in [-0.15, -0.1) is 0 Å². The molecule has 0 spiro atoms. The number of aliphatic imine (C=N–C) groups is 1. The van der Waals surface area contributed by atoms with Gasteiger partial charge in [0.2, 0.25) is 0 Å². The van der Waals surface area contributed by atoms with Gasteiger partial charge in [-0.1, -0.05) is 12.1 Å². The highest BCUT2D eigenvalue weighted by Gasteiger charge is 2.30. The Balaban J connectivity index is 1.87. The number of carbonyl (C=O) groups excluding carboxylic acids is 1. The van der Waals surface area contributed by atoms with Crippen LogP contribution in [-0.2, 0) is 6.18 Å². The van der Waals surface area contributed by atoms with Gasteiger partial charge < -0.3 is 10.2 Å². The summed E-state index contributed by atoms with van der Waals surface area (Å²) in [6, 6.07) is 5.49. The average Bonchev–Trinajstić information content (AvgIpc) is 3.22. The number of hydrogen-bond donors (Lipinski definition) is 3. The lowest BCUT2D eigenvalue weighted by Crippen LogP contribution is -2.20. The van der Waals surface area contributed by atoms with E-state index in [4.69, 9.17) is 0 Å². The van der Waals surface area contributed by atoms with Crippen LogP contribution in [0.3, 0.4) is 0 Å². The highest BCUT2D eigenvalue weighted by Crippen LogP contribution is 2.31. The van der Waals surface area contributed by atoms with Crippen molar-refractivity contribution in [3.05, 3.63) is 52.8 Å². The second kappa shape index (κ2) is 9.93. The molecule has 7 nitrogen and oxygen atoms in total.